The quantitative estimate of drug-likeness (QED) is 0.860. The fourth-order valence-corrected chi connectivity index (χ4v) is 3.15. The van der Waals surface area contributed by atoms with Crippen molar-refractivity contribution in [2.75, 3.05) is 24.6 Å². The third-order valence-corrected chi connectivity index (χ3v) is 4.28. The molecule has 7 heteroatoms. The number of carbonyl (C=O) groups excluding carboxylic acids is 1. The largest absolute Gasteiger partial charge is 0.485 e. The summed E-state index contributed by atoms with van der Waals surface area (Å²) in [6, 6.07) is 7.27. The summed E-state index contributed by atoms with van der Waals surface area (Å²) in [5.41, 5.74) is 0.578. The maximum atomic E-state index is 12.6. The number of amides is 1. The molecule has 1 fully saturated rings. The first-order valence-corrected chi connectivity index (χ1v) is 8.27. The molecule has 0 spiro atoms. The Bertz CT molecular complexity index is 653. The number of carbonyl (C=O) groups is 1. The van der Waals surface area contributed by atoms with Crippen LogP contribution in [0.2, 0.25) is 0 Å². The highest BCUT2D eigenvalue weighted by molar-refractivity contribution is 7.99. The van der Waals surface area contributed by atoms with E-state index in [4.69, 9.17) is 9.26 Å². The minimum atomic E-state index is 0.0141. The van der Waals surface area contributed by atoms with Crippen molar-refractivity contribution in [3.05, 3.63) is 41.5 Å². The van der Waals surface area contributed by atoms with Gasteiger partial charge in [-0.1, -0.05) is 17.3 Å². The van der Waals surface area contributed by atoms with E-state index in [-0.39, 0.29) is 12.5 Å². The van der Waals surface area contributed by atoms with Crippen molar-refractivity contribution in [3.63, 3.8) is 0 Å². The molecule has 2 aromatic rings. The van der Waals surface area contributed by atoms with Crippen molar-refractivity contribution in [2.45, 2.75) is 13.5 Å². The Balaban J connectivity index is 1.72. The van der Waals surface area contributed by atoms with Crippen molar-refractivity contribution in [1.82, 2.24) is 15.0 Å². The molecule has 0 bridgehead atoms. The Morgan fingerprint density at radius 3 is 2.86 bits per heavy atom. The summed E-state index contributed by atoms with van der Waals surface area (Å²) in [5.74, 6) is 3.49. The lowest BCUT2D eigenvalue weighted by atomic mass is 10.1. The Labute approximate surface area is 132 Å². The van der Waals surface area contributed by atoms with E-state index >= 15 is 0 Å². The molecule has 0 aliphatic carbocycles. The molecule has 1 saturated heterocycles. The van der Waals surface area contributed by atoms with E-state index in [1.54, 1.807) is 19.1 Å². The molecule has 22 heavy (non-hydrogen) atoms. The van der Waals surface area contributed by atoms with Crippen LogP contribution in [0.5, 0.6) is 5.75 Å². The zero-order chi connectivity index (χ0) is 15.4. The van der Waals surface area contributed by atoms with E-state index in [9.17, 15) is 4.79 Å². The van der Waals surface area contributed by atoms with Gasteiger partial charge < -0.3 is 14.2 Å². The van der Waals surface area contributed by atoms with Crippen LogP contribution < -0.4 is 4.74 Å². The van der Waals surface area contributed by atoms with Gasteiger partial charge in [0.25, 0.3) is 5.91 Å². The molecule has 0 unspecified atom stereocenters. The average molecular weight is 319 g/mol. The molecule has 6 nitrogen and oxygen atoms in total. The highest BCUT2D eigenvalue weighted by atomic mass is 32.2. The van der Waals surface area contributed by atoms with Gasteiger partial charge in [0, 0.05) is 31.5 Å². The second-order valence-electron chi connectivity index (χ2n) is 4.92. The van der Waals surface area contributed by atoms with Gasteiger partial charge >= 0.3 is 0 Å². The first-order chi connectivity index (χ1) is 10.7. The summed E-state index contributed by atoms with van der Waals surface area (Å²) in [7, 11) is 0. The van der Waals surface area contributed by atoms with Crippen LogP contribution >= 0.6 is 11.8 Å². The van der Waals surface area contributed by atoms with Crippen LogP contribution in [0.1, 0.15) is 22.1 Å². The van der Waals surface area contributed by atoms with Gasteiger partial charge in [0.1, 0.15) is 5.75 Å². The summed E-state index contributed by atoms with van der Waals surface area (Å²) < 4.78 is 10.6. The first-order valence-electron chi connectivity index (χ1n) is 7.12. The monoisotopic (exact) mass is 319 g/mol. The van der Waals surface area contributed by atoms with Crippen molar-refractivity contribution < 1.29 is 14.1 Å². The molecular weight excluding hydrogens is 302 g/mol. The van der Waals surface area contributed by atoms with Crippen LogP contribution in [0, 0.1) is 6.92 Å². The topological polar surface area (TPSA) is 68.5 Å². The van der Waals surface area contributed by atoms with Crippen LogP contribution in [0.4, 0.5) is 0 Å². The highest BCUT2D eigenvalue weighted by Crippen LogP contribution is 2.22. The van der Waals surface area contributed by atoms with Gasteiger partial charge in [0.2, 0.25) is 11.7 Å². The van der Waals surface area contributed by atoms with E-state index < -0.39 is 0 Å². The summed E-state index contributed by atoms with van der Waals surface area (Å²) in [4.78, 5) is 18.6. The van der Waals surface area contributed by atoms with Crippen LogP contribution in [-0.2, 0) is 6.61 Å². The number of para-hydroxylation sites is 1. The molecule has 116 valence electrons. The van der Waals surface area contributed by atoms with E-state index in [0.29, 0.717) is 23.0 Å². The summed E-state index contributed by atoms with van der Waals surface area (Å²) in [6.07, 6.45) is 0. The Kier molecular flexibility index (Phi) is 4.62. The third-order valence-electron chi connectivity index (χ3n) is 3.34. The molecule has 1 aromatic carbocycles. The molecule has 1 aromatic heterocycles. The summed E-state index contributed by atoms with van der Waals surface area (Å²) in [6.45, 7) is 3.46. The van der Waals surface area contributed by atoms with E-state index in [2.05, 4.69) is 10.1 Å². The fourth-order valence-electron chi connectivity index (χ4n) is 2.25. The van der Waals surface area contributed by atoms with Gasteiger partial charge in [-0.2, -0.15) is 16.7 Å². The number of aromatic nitrogens is 2. The number of ether oxygens (including phenoxy) is 1. The number of thioether (sulfide) groups is 1. The Hall–Kier alpha value is -2.02. The van der Waals surface area contributed by atoms with Crippen molar-refractivity contribution in [3.8, 4) is 5.75 Å². The number of nitrogens with zero attached hydrogens (tertiary/aromatic N) is 3. The molecular formula is C15H17N3O3S. The van der Waals surface area contributed by atoms with Gasteiger partial charge in [-0.15, -0.1) is 0 Å². The highest BCUT2D eigenvalue weighted by Gasteiger charge is 2.21. The van der Waals surface area contributed by atoms with Crippen molar-refractivity contribution >= 4 is 17.7 Å². The maximum absolute atomic E-state index is 12.6. The molecule has 1 amide bonds. The van der Waals surface area contributed by atoms with E-state index in [1.807, 2.05) is 28.8 Å². The Morgan fingerprint density at radius 1 is 1.36 bits per heavy atom. The smallest absolute Gasteiger partial charge is 0.257 e. The standard InChI is InChI=1S/C15H17N3O3S/c1-11-16-14(17-21-11)10-20-13-5-3-2-4-12(13)15(19)18-6-8-22-9-7-18/h2-5H,6-10H2,1H3. The van der Waals surface area contributed by atoms with Crippen molar-refractivity contribution in [1.29, 1.82) is 0 Å². The van der Waals surface area contributed by atoms with Crippen LogP contribution in [0.15, 0.2) is 28.8 Å². The number of aryl methyl sites for hydroxylation is 1. The lowest BCUT2D eigenvalue weighted by Gasteiger charge is -2.27. The van der Waals surface area contributed by atoms with Crippen LogP contribution in [0.3, 0.4) is 0 Å². The van der Waals surface area contributed by atoms with Gasteiger partial charge in [-0.05, 0) is 12.1 Å². The maximum Gasteiger partial charge on any atom is 0.257 e. The second-order valence-corrected chi connectivity index (χ2v) is 6.14. The molecule has 1 aliphatic rings. The molecule has 1 aliphatic heterocycles. The number of rotatable bonds is 4. The summed E-state index contributed by atoms with van der Waals surface area (Å²) in [5, 5.41) is 3.79. The van der Waals surface area contributed by atoms with E-state index in [1.165, 1.54) is 0 Å². The van der Waals surface area contributed by atoms with Crippen LogP contribution in [0.25, 0.3) is 0 Å². The van der Waals surface area contributed by atoms with Crippen molar-refractivity contribution in [2.24, 2.45) is 0 Å². The second kappa shape index (κ2) is 6.83. The lowest BCUT2D eigenvalue weighted by Crippen LogP contribution is -2.38. The van der Waals surface area contributed by atoms with Gasteiger partial charge in [-0.25, -0.2) is 0 Å². The molecule has 0 radical (unpaired) electrons. The third kappa shape index (κ3) is 3.41. The molecule has 0 N–H and O–H groups in total. The van der Waals surface area contributed by atoms with Crippen LogP contribution in [-0.4, -0.2) is 45.5 Å². The SMILES string of the molecule is Cc1nc(COc2ccccc2C(=O)N2CCSCC2)no1. The van der Waals surface area contributed by atoms with Gasteiger partial charge in [-0.3, -0.25) is 4.79 Å². The lowest BCUT2D eigenvalue weighted by molar-refractivity contribution is 0.0767. The molecule has 2 heterocycles. The average Bonchev–Trinajstić information content (AvgIpc) is 2.99. The van der Waals surface area contributed by atoms with Gasteiger partial charge in [0.05, 0.1) is 5.56 Å². The fraction of sp³-hybridized carbons (Fsp3) is 0.400. The predicted molar refractivity (Wildman–Crippen MR) is 83.0 cm³/mol. The van der Waals surface area contributed by atoms with Gasteiger partial charge in [0.15, 0.2) is 6.61 Å². The number of benzene rings is 1. The zero-order valence-electron chi connectivity index (χ0n) is 12.3. The summed E-state index contributed by atoms with van der Waals surface area (Å²) >= 11 is 1.87. The molecule has 0 atom stereocenters. The predicted octanol–water partition coefficient (Wildman–Crippen LogP) is 2.15. The Morgan fingerprint density at radius 2 is 2.14 bits per heavy atom. The minimum absolute atomic E-state index is 0.0141. The number of hydrogen-bond acceptors (Lipinski definition) is 6. The molecule has 3 rings (SSSR count). The number of hydrogen-bond donors (Lipinski definition) is 0. The normalized spacial score (nSPS) is 14.9. The minimum Gasteiger partial charge on any atom is -0.485 e. The zero-order valence-corrected chi connectivity index (χ0v) is 13.1. The molecule has 0 saturated carbocycles. The first kappa shape index (κ1) is 14.9. The van der Waals surface area contributed by atoms with E-state index in [0.717, 1.165) is 24.6 Å².